The second-order valence-electron chi connectivity index (χ2n) is 9.47. The number of hydrogen-bond acceptors (Lipinski definition) is 5. The van der Waals surface area contributed by atoms with Crippen LogP contribution in [0.1, 0.15) is 150 Å². The van der Waals surface area contributed by atoms with E-state index >= 15 is 0 Å². The van der Waals surface area contributed by atoms with Crippen LogP contribution in [0.4, 0.5) is 9.41 Å². The summed E-state index contributed by atoms with van der Waals surface area (Å²) < 4.78 is 0. The van der Waals surface area contributed by atoms with Crippen molar-refractivity contribution in [1.82, 2.24) is 10.4 Å². The van der Waals surface area contributed by atoms with E-state index in [-0.39, 0.29) is 9.41 Å². The summed E-state index contributed by atoms with van der Waals surface area (Å²) in [5.74, 6) is 0. The third kappa shape index (κ3) is 29.7. The number of aliphatic hydroxyl groups is 2. The maximum Gasteiger partial charge on any atom is 0.106 e. The van der Waals surface area contributed by atoms with E-state index in [9.17, 15) is 0 Å². The molecule has 34 heavy (non-hydrogen) atoms. The van der Waals surface area contributed by atoms with E-state index in [4.69, 9.17) is 15.4 Å². The molecule has 0 aliphatic carbocycles. The van der Waals surface area contributed by atoms with E-state index in [1.807, 2.05) is 6.92 Å². The number of hydrogen-bond donors (Lipinski definition) is 4. The number of nitrogens with one attached hydrogen (secondary N) is 1. The van der Waals surface area contributed by atoms with Crippen molar-refractivity contribution in [3.63, 3.8) is 0 Å². The van der Waals surface area contributed by atoms with Crippen molar-refractivity contribution in [3.05, 3.63) is 0 Å². The van der Waals surface area contributed by atoms with Gasteiger partial charge in [-0.15, -0.1) is 0 Å². The monoisotopic (exact) mass is 500 g/mol. The third-order valence-electron chi connectivity index (χ3n) is 6.27. The highest BCUT2D eigenvalue weighted by Gasteiger charge is 2.13. The second-order valence-corrected chi connectivity index (χ2v) is 9.47. The van der Waals surface area contributed by atoms with Gasteiger partial charge >= 0.3 is 0 Å². The minimum absolute atomic E-state index is 0. The highest BCUT2D eigenvalue weighted by Crippen LogP contribution is 2.14. The van der Waals surface area contributed by atoms with Crippen LogP contribution >= 0.6 is 0 Å². The Kier molecular flexibility index (Phi) is 39.2. The van der Waals surface area contributed by atoms with Gasteiger partial charge in [-0.25, -0.2) is 5.48 Å². The minimum Gasteiger partial charge on any atom is -0.379 e. The summed E-state index contributed by atoms with van der Waals surface area (Å²) in [7, 11) is 0. The molecule has 0 amide bonds. The Labute approximate surface area is 210 Å². The van der Waals surface area contributed by atoms with Gasteiger partial charge in [0.15, 0.2) is 0 Å². The number of aliphatic hydroxyl groups excluding tert-OH is 2. The maximum atomic E-state index is 9.08. The van der Waals surface area contributed by atoms with E-state index in [2.05, 4.69) is 19.3 Å². The van der Waals surface area contributed by atoms with Gasteiger partial charge in [0.1, 0.15) is 12.5 Å². The number of nitrogens with zero attached hydrogens (tertiary/aromatic N) is 1. The van der Waals surface area contributed by atoms with Gasteiger partial charge < -0.3 is 15.4 Å². The Hall–Kier alpha value is -0.340. The van der Waals surface area contributed by atoms with E-state index in [0.717, 1.165) is 25.8 Å². The largest absolute Gasteiger partial charge is 0.379 e. The van der Waals surface area contributed by atoms with Crippen LogP contribution in [0.15, 0.2) is 0 Å². The zero-order valence-electron chi connectivity index (χ0n) is 23.3. The molecule has 0 spiro atoms. The van der Waals surface area contributed by atoms with Crippen molar-refractivity contribution in [1.29, 1.82) is 0 Å². The molecule has 3 atom stereocenters. The van der Waals surface area contributed by atoms with E-state index in [1.165, 1.54) is 96.3 Å². The van der Waals surface area contributed by atoms with Crippen LogP contribution in [0.2, 0.25) is 0 Å². The zero-order valence-corrected chi connectivity index (χ0v) is 23.3. The lowest BCUT2D eigenvalue weighted by atomic mass is 10.0. The molecule has 3 unspecified atom stereocenters. The average molecular weight is 501 g/mol. The molecule has 4 N–H and O–H groups in total. The lowest BCUT2D eigenvalue weighted by Crippen LogP contribution is -2.40. The van der Waals surface area contributed by atoms with Gasteiger partial charge in [-0.2, -0.15) is 0 Å². The first-order valence-electron chi connectivity index (χ1n) is 14.0. The quantitative estimate of drug-likeness (QED) is 0.0696. The van der Waals surface area contributed by atoms with Crippen LogP contribution in [-0.2, 0) is 0 Å². The Balaban J connectivity index is -0.000000319. The summed E-state index contributed by atoms with van der Waals surface area (Å²) >= 11 is 0. The fourth-order valence-electron chi connectivity index (χ4n) is 4.07. The first-order valence-corrected chi connectivity index (χ1v) is 14.0. The smallest absolute Gasteiger partial charge is 0.106 e. The second kappa shape index (κ2) is 32.7. The van der Waals surface area contributed by atoms with Crippen molar-refractivity contribution in [3.8, 4) is 0 Å². The lowest BCUT2D eigenvalue weighted by molar-refractivity contribution is -0.0836. The lowest BCUT2D eigenvalue weighted by Gasteiger charge is -2.27. The molecule has 0 aromatic rings. The van der Waals surface area contributed by atoms with Gasteiger partial charge in [0.2, 0.25) is 0 Å². The molecule has 212 valence electrons. The third-order valence-corrected chi connectivity index (χ3v) is 6.27. The first kappa shape index (κ1) is 40.8. The Morgan fingerprint density at radius 2 is 0.941 bits per heavy atom. The van der Waals surface area contributed by atoms with Crippen molar-refractivity contribution in [2.24, 2.45) is 0 Å². The molecule has 0 fully saturated rings. The van der Waals surface area contributed by atoms with E-state index in [1.54, 1.807) is 18.7 Å². The molecule has 0 rings (SSSR count). The molecule has 0 saturated carbocycles. The van der Waals surface area contributed by atoms with Gasteiger partial charge in [-0.3, -0.25) is 14.3 Å². The molecular formula is C27H62F2N2O3. The van der Waals surface area contributed by atoms with Gasteiger partial charge in [0, 0.05) is 12.6 Å². The van der Waals surface area contributed by atoms with Crippen molar-refractivity contribution in [2.45, 2.75) is 169 Å². The van der Waals surface area contributed by atoms with Crippen LogP contribution < -0.4 is 5.48 Å². The molecule has 0 heterocycles. The SMILES string of the molecule is CCCCCCCCCCCCCCCCCC(CC)NO.CCCN(C(C)O)C(C)O.F.F. The number of rotatable bonds is 22. The topological polar surface area (TPSA) is 76.0 Å². The van der Waals surface area contributed by atoms with E-state index < -0.39 is 12.5 Å². The van der Waals surface area contributed by atoms with Crippen LogP contribution in [0.25, 0.3) is 0 Å². The normalized spacial score (nSPS) is 13.3. The van der Waals surface area contributed by atoms with Crippen LogP contribution in [-0.4, -0.2) is 45.4 Å². The van der Waals surface area contributed by atoms with Crippen LogP contribution in [0.5, 0.6) is 0 Å². The Bertz CT molecular complexity index is 340. The van der Waals surface area contributed by atoms with Gasteiger partial charge in [0.25, 0.3) is 0 Å². The fraction of sp³-hybridized carbons (Fsp3) is 1.00. The standard InChI is InChI=1S/C20H43NO.C7H17NO2.2FH/c1-3-5-6-7-8-9-10-11-12-13-14-15-16-17-18-19-20(4-2)21-22;1-4-5-8(6(2)9)7(3)10;;/h20-22H,3-19H2,1-2H3;6-7,9-10H,4-5H2,1-3H3;2*1H. The summed E-state index contributed by atoms with van der Waals surface area (Å²) in [5.41, 5.74) is 2.40. The summed E-state index contributed by atoms with van der Waals surface area (Å²) in [5, 5.41) is 27.1. The predicted molar refractivity (Wildman–Crippen MR) is 144 cm³/mol. The van der Waals surface area contributed by atoms with Crippen LogP contribution in [0.3, 0.4) is 0 Å². The summed E-state index contributed by atoms with van der Waals surface area (Å²) in [6.45, 7) is 10.5. The molecule has 0 aliphatic heterocycles. The number of halogens is 2. The van der Waals surface area contributed by atoms with E-state index in [0.29, 0.717) is 6.04 Å². The van der Waals surface area contributed by atoms with Gasteiger partial charge in [0.05, 0.1) is 0 Å². The van der Waals surface area contributed by atoms with Crippen LogP contribution in [0, 0.1) is 0 Å². The molecule has 0 aliphatic rings. The molecule has 0 bridgehead atoms. The number of hydroxylamine groups is 1. The molecule has 0 saturated heterocycles. The van der Waals surface area contributed by atoms with Gasteiger partial charge in [-0.05, 0) is 33.1 Å². The Morgan fingerprint density at radius 1 is 0.588 bits per heavy atom. The molecule has 0 radical (unpaired) electrons. The van der Waals surface area contributed by atoms with Crippen molar-refractivity contribution in [2.75, 3.05) is 6.54 Å². The van der Waals surface area contributed by atoms with Crippen molar-refractivity contribution >= 4 is 0 Å². The summed E-state index contributed by atoms with van der Waals surface area (Å²) in [6.07, 6.45) is 23.2. The molecule has 0 aromatic heterocycles. The highest BCUT2D eigenvalue weighted by molar-refractivity contribution is 4.59. The highest BCUT2D eigenvalue weighted by atomic mass is 19.0. The zero-order chi connectivity index (χ0) is 24.5. The van der Waals surface area contributed by atoms with Crippen molar-refractivity contribution < 1.29 is 24.8 Å². The predicted octanol–water partition coefficient (Wildman–Crippen LogP) is 7.69. The molecule has 7 heteroatoms. The molecule has 5 nitrogen and oxygen atoms in total. The Morgan fingerprint density at radius 3 is 1.18 bits per heavy atom. The summed E-state index contributed by atoms with van der Waals surface area (Å²) in [6, 6.07) is 0.307. The fourth-order valence-corrected chi connectivity index (χ4v) is 4.07. The maximum absolute atomic E-state index is 9.08. The molecular weight excluding hydrogens is 438 g/mol. The van der Waals surface area contributed by atoms with Gasteiger partial charge in [-0.1, -0.05) is 117 Å². The first-order chi connectivity index (χ1) is 15.4. The average Bonchev–Trinajstić information content (AvgIpc) is 2.77. The minimum atomic E-state index is -0.556. The summed E-state index contributed by atoms with van der Waals surface area (Å²) in [4.78, 5) is 1.62. The molecule has 0 aromatic carbocycles. The number of unbranched alkanes of at least 4 members (excludes halogenated alkanes) is 14.